The third-order valence-corrected chi connectivity index (χ3v) is 5.49. The number of ether oxygens (including phenoxy) is 1. The molecule has 1 heterocycles. The first-order chi connectivity index (χ1) is 14.3. The lowest BCUT2D eigenvalue weighted by Crippen LogP contribution is -2.09. The Morgan fingerprint density at radius 2 is 1.79 bits per heavy atom. The Bertz CT molecular complexity index is 1160. The average molecular weight is 401 g/mol. The summed E-state index contributed by atoms with van der Waals surface area (Å²) in [5.41, 5.74) is 3.10. The molecule has 0 spiro atoms. The minimum Gasteiger partial charge on any atom is -0.456 e. The van der Waals surface area contributed by atoms with E-state index in [1.807, 2.05) is 48.5 Å². The normalized spacial score (nSPS) is 13.8. The van der Waals surface area contributed by atoms with Crippen LogP contribution in [0.4, 0.5) is 11.5 Å². The highest BCUT2D eigenvalue weighted by Gasteiger charge is 2.20. The van der Waals surface area contributed by atoms with Crippen molar-refractivity contribution in [2.45, 2.75) is 18.8 Å². The summed E-state index contributed by atoms with van der Waals surface area (Å²) >= 11 is 6.46. The van der Waals surface area contributed by atoms with Crippen LogP contribution in [0.3, 0.4) is 0 Å². The molecule has 5 rings (SSSR count). The predicted octanol–water partition coefficient (Wildman–Crippen LogP) is 6.90. The Morgan fingerprint density at radius 1 is 0.931 bits per heavy atom. The van der Waals surface area contributed by atoms with Crippen molar-refractivity contribution in [3.05, 3.63) is 90.1 Å². The summed E-state index contributed by atoms with van der Waals surface area (Å²) in [4.78, 5) is 8.86. The summed E-state index contributed by atoms with van der Waals surface area (Å²) < 4.78 is 5.86. The molecule has 0 bridgehead atoms. The van der Waals surface area contributed by atoms with Crippen molar-refractivity contribution in [1.29, 1.82) is 0 Å². The lowest BCUT2D eigenvalue weighted by Gasteiger charge is -2.25. The first-order valence-corrected chi connectivity index (χ1v) is 10.00. The maximum absolute atomic E-state index is 6.46. The number of nitrogens with zero attached hydrogens (tertiary/aromatic N) is 2. The van der Waals surface area contributed by atoms with Gasteiger partial charge in [0.2, 0.25) is 0 Å². The fourth-order valence-corrected chi connectivity index (χ4v) is 3.67. The van der Waals surface area contributed by atoms with Crippen LogP contribution in [0.25, 0.3) is 10.9 Å². The first kappa shape index (κ1) is 18.0. The zero-order valence-electron chi connectivity index (χ0n) is 15.7. The summed E-state index contributed by atoms with van der Waals surface area (Å²) in [6.07, 6.45) is 6.17. The van der Waals surface area contributed by atoms with Crippen LogP contribution < -0.4 is 10.1 Å². The number of hydrogen-bond acceptors (Lipinski definition) is 4. The van der Waals surface area contributed by atoms with E-state index in [1.165, 1.54) is 5.56 Å². The molecule has 0 aliphatic heterocycles. The van der Waals surface area contributed by atoms with Crippen molar-refractivity contribution in [1.82, 2.24) is 9.97 Å². The zero-order chi connectivity index (χ0) is 19.6. The van der Waals surface area contributed by atoms with Crippen molar-refractivity contribution >= 4 is 34.0 Å². The molecule has 1 aliphatic carbocycles. The molecule has 0 unspecified atom stereocenters. The maximum Gasteiger partial charge on any atom is 0.146 e. The van der Waals surface area contributed by atoms with Gasteiger partial charge in [-0.25, -0.2) is 9.97 Å². The molecule has 5 heteroatoms. The number of fused-ring (bicyclic) bond motifs is 1. The van der Waals surface area contributed by atoms with Crippen LogP contribution in [0, 0.1) is 6.42 Å². The summed E-state index contributed by atoms with van der Waals surface area (Å²) in [7, 11) is 0. The SMILES string of the molecule is Clc1cc(Nc2ncnc3ccc(C4C[CH]C4)cc23)ccc1Oc1ccccc1. The number of para-hydroxylation sites is 1. The Balaban J connectivity index is 1.42. The molecule has 4 nitrogen and oxygen atoms in total. The highest BCUT2D eigenvalue weighted by atomic mass is 35.5. The van der Waals surface area contributed by atoms with E-state index in [1.54, 1.807) is 6.33 Å². The first-order valence-electron chi connectivity index (χ1n) is 9.62. The van der Waals surface area contributed by atoms with Gasteiger partial charge < -0.3 is 10.1 Å². The van der Waals surface area contributed by atoms with Gasteiger partial charge >= 0.3 is 0 Å². The molecule has 1 saturated carbocycles. The van der Waals surface area contributed by atoms with Gasteiger partial charge in [0.1, 0.15) is 23.6 Å². The number of aromatic nitrogens is 2. The van der Waals surface area contributed by atoms with E-state index >= 15 is 0 Å². The molecule has 1 N–H and O–H groups in total. The summed E-state index contributed by atoms with van der Waals surface area (Å²) in [6, 6.07) is 21.7. The fourth-order valence-electron chi connectivity index (χ4n) is 3.45. The highest BCUT2D eigenvalue weighted by molar-refractivity contribution is 6.32. The van der Waals surface area contributed by atoms with Gasteiger partial charge in [0.15, 0.2) is 0 Å². The average Bonchev–Trinajstić information content (AvgIpc) is 2.70. The van der Waals surface area contributed by atoms with E-state index in [9.17, 15) is 0 Å². The fraction of sp³-hybridized carbons (Fsp3) is 0.125. The molecule has 0 atom stereocenters. The molecule has 1 aliphatic rings. The van der Waals surface area contributed by atoms with E-state index in [0.717, 1.165) is 41.0 Å². The third kappa shape index (κ3) is 3.76. The summed E-state index contributed by atoms with van der Waals surface area (Å²) in [6.45, 7) is 0. The lowest BCUT2D eigenvalue weighted by molar-refractivity contribution is 0.483. The Kier molecular flexibility index (Phi) is 4.78. The Hall–Kier alpha value is -3.11. The van der Waals surface area contributed by atoms with Crippen molar-refractivity contribution in [2.75, 3.05) is 5.32 Å². The van der Waals surface area contributed by atoms with E-state index < -0.39 is 0 Å². The third-order valence-electron chi connectivity index (χ3n) is 5.20. The minimum atomic E-state index is 0.530. The van der Waals surface area contributed by atoms with E-state index in [4.69, 9.17) is 16.3 Å². The van der Waals surface area contributed by atoms with Crippen LogP contribution in [0.5, 0.6) is 11.5 Å². The van der Waals surface area contributed by atoms with Crippen LogP contribution in [0.2, 0.25) is 5.02 Å². The number of hydrogen-bond donors (Lipinski definition) is 1. The van der Waals surface area contributed by atoms with Crippen LogP contribution >= 0.6 is 11.6 Å². The van der Waals surface area contributed by atoms with Gasteiger partial charge in [-0.2, -0.15) is 0 Å². The maximum atomic E-state index is 6.46. The topological polar surface area (TPSA) is 47.0 Å². The second-order valence-corrected chi connectivity index (χ2v) is 7.55. The number of anilines is 2. The summed E-state index contributed by atoms with van der Waals surface area (Å²) in [5, 5.41) is 4.92. The molecule has 1 radical (unpaired) electrons. The quantitative estimate of drug-likeness (QED) is 0.395. The number of halogens is 1. The summed E-state index contributed by atoms with van der Waals surface area (Å²) in [5.74, 6) is 2.74. The number of benzene rings is 3. The molecule has 1 fully saturated rings. The van der Waals surface area contributed by atoms with Gasteiger partial charge in [-0.1, -0.05) is 35.9 Å². The zero-order valence-corrected chi connectivity index (χ0v) is 16.4. The smallest absolute Gasteiger partial charge is 0.146 e. The molecular formula is C24H19ClN3O. The second kappa shape index (κ2) is 7.72. The van der Waals surface area contributed by atoms with Crippen LogP contribution in [-0.2, 0) is 0 Å². The molecule has 143 valence electrons. The second-order valence-electron chi connectivity index (χ2n) is 7.14. The van der Waals surface area contributed by atoms with Crippen LogP contribution in [0.15, 0.2) is 73.1 Å². The minimum absolute atomic E-state index is 0.530. The molecule has 29 heavy (non-hydrogen) atoms. The molecule has 1 aromatic heterocycles. The number of rotatable bonds is 5. The largest absolute Gasteiger partial charge is 0.456 e. The van der Waals surface area contributed by atoms with Crippen LogP contribution in [-0.4, -0.2) is 9.97 Å². The van der Waals surface area contributed by atoms with Crippen LogP contribution in [0.1, 0.15) is 24.3 Å². The van der Waals surface area contributed by atoms with Crippen molar-refractivity contribution in [3.8, 4) is 11.5 Å². The van der Waals surface area contributed by atoms with Crippen molar-refractivity contribution in [2.24, 2.45) is 0 Å². The predicted molar refractivity (Wildman–Crippen MR) is 117 cm³/mol. The Labute approximate surface area is 174 Å². The van der Waals surface area contributed by atoms with Crippen molar-refractivity contribution < 1.29 is 4.74 Å². The van der Waals surface area contributed by atoms with Crippen molar-refractivity contribution in [3.63, 3.8) is 0 Å². The van der Waals surface area contributed by atoms with Gasteiger partial charge in [0.25, 0.3) is 0 Å². The number of nitrogens with one attached hydrogen (secondary N) is 1. The van der Waals surface area contributed by atoms with E-state index in [0.29, 0.717) is 16.7 Å². The molecular weight excluding hydrogens is 382 g/mol. The van der Waals surface area contributed by atoms with Gasteiger partial charge in [-0.3, -0.25) is 0 Å². The Morgan fingerprint density at radius 3 is 2.55 bits per heavy atom. The molecule has 0 amide bonds. The molecule has 0 saturated heterocycles. The van der Waals surface area contributed by atoms with E-state index in [-0.39, 0.29) is 0 Å². The van der Waals surface area contributed by atoms with Gasteiger partial charge in [0, 0.05) is 11.1 Å². The van der Waals surface area contributed by atoms with Gasteiger partial charge in [-0.05, 0) is 73.2 Å². The molecule has 3 aromatic carbocycles. The monoisotopic (exact) mass is 400 g/mol. The highest BCUT2D eigenvalue weighted by Crippen LogP contribution is 2.38. The van der Waals surface area contributed by atoms with Gasteiger partial charge in [-0.15, -0.1) is 0 Å². The molecule has 4 aromatic rings. The van der Waals surface area contributed by atoms with E-state index in [2.05, 4.69) is 39.9 Å². The van der Waals surface area contributed by atoms with Gasteiger partial charge in [0.05, 0.1) is 10.5 Å². The lowest BCUT2D eigenvalue weighted by atomic mass is 9.80. The standard InChI is InChI=1S/C24H19ClN3O/c25-21-14-18(10-12-23(21)29-19-7-2-1-3-8-19)28-24-20-13-17(16-5-4-6-16)9-11-22(20)26-15-27-24/h1-4,7-16H,5-6H2,(H,26,27,28).